The fourth-order valence-corrected chi connectivity index (χ4v) is 6.51. The van der Waals surface area contributed by atoms with E-state index in [4.69, 9.17) is 14.5 Å². The van der Waals surface area contributed by atoms with Gasteiger partial charge in [0.1, 0.15) is 11.6 Å². The molecule has 0 unspecified atom stereocenters. The Morgan fingerprint density at radius 1 is 1.09 bits per heavy atom. The Bertz CT molecular complexity index is 1640. The van der Waals surface area contributed by atoms with Gasteiger partial charge < -0.3 is 14.8 Å². The molecule has 0 fully saturated rings. The summed E-state index contributed by atoms with van der Waals surface area (Å²) in [4.78, 5) is 30.1. The van der Waals surface area contributed by atoms with Gasteiger partial charge in [-0.25, -0.2) is 4.99 Å². The van der Waals surface area contributed by atoms with Crippen LogP contribution in [0.5, 0.6) is 11.5 Å². The minimum absolute atomic E-state index is 0.0336. The Morgan fingerprint density at radius 2 is 1.84 bits per heavy atom. The molecule has 1 amide bonds. The van der Waals surface area contributed by atoms with Crippen LogP contribution in [0.3, 0.4) is 0 Å². The quantitative estimate of drug-likeness (QED) is 0.119. The van der Waals surface area contributed by atoms with Crippen molar-refractivity contribution in [2.75, 3.05) is 12.4 Å². The number of methoxy groups -OCH3 is 1. The third-order valence-corrected chi connectivity index (χ3v) is 8.95. The second-order valence-corrected chi connectivity index (χ2v) is 12.8. The normalized spacial score (nSPS) is 14.7. The van der Waals surface area contributed by atoms with Crippen LogP contribution >= 0.6 is 11.3 Å². The summed E-state index contributed by atoms with van der Waals surface area (Å²) in [5.41, 5.74) is 4.34. The summed E-state index contributed by atoms with van der Waals surface area (Å²) < 4.78 is 11.5. The van der Waals surface area contributed by atoms with Crippen LogP contribution in [0.4, 0.5) is 16.4 Å². The molecule has 1 N–H and O–H groups in total. The molecule has 4 aromatic rings. The number of anilines is 1. The van der Waals surface area contributed by atoms with Crippen LogP contribution in [0, 0.1) is 21.4 Å². The number of nitrogens with zero attached hydrogens (tertiary/aromatic N) is 2. The van der Waals surface area contributed by atoms with E-state index in [2.05, 4.69) is 26.1 Å². The highest BCUT2D eigenvalue weighted by Crippen LogP contribution is 2.45. The zero-order chi connectivity index (χ0) is 30.6. The molecule has 0 radical (unpaired) electrons. The molecule has 0 saturated carbocycles. The van der Waals surface area contributed by atoms with Gasteiger partial charge in [0.05, 0.1) is 17.6 Å². The minimum Gasteiger partial charge on any atom is -0.493 e. The summed E-state index contributed by atoms with van der Waals surface area (Å²) in [6.45, 7) is 7.08. The number of ether oxygens (including phenoxy) is 2. The Balaban J connectivity index is 1.38. The lowest BCUT2D eigenvalue weighted by molar-refractivity contribution is -0.384. The van der Waals surface area contributed by atoms with Gasteiger partial charge in [-0.1, -0.05) is 39.0 Å². The first-order valence-corrected chi connectivity index (χ1v) is 15.0. The zero-order valence-corrected chi connectivity index (χ0v) is 25.6. The first kappa shape index (κ1) is 30.0. The van der Waals surface area contributed by atoms with Crippen molar-refractivity contribution in [3.8, 4) is 11.5 Å². The molecule has 0 saturated heterocycles. The molecule has 1 aliphatic carbocycles. The lowest BCUT2D eigenvalue weighted by Crippen LogP contribution is -2.27. The van der Waals surface area contributed by atoms with Crippen molar-refractivity contribution < 1.29 is 19.2 Å². The number of rotatable bonds is 9. The van der Waals surface area contributed by atoms with Gasteiger partial charge in [0.2, 0.25) is 0 Å². The van der Waals surface area contributed by atoms with E-state index in [0.29, 0.717) is 28.0 Å². The summed E-state index contributed by atoms with van der Waals surface area (Å²) >= 11 is 1.60. The molecule has 5 rings (SSSR count). The number of carbonyl (C=O) groups excluding carboxylic acids is 1. The SMILES string of the molecule is COc1cc(C=Nc2sc3c(c2C(=O)Nc2ccccc2)CC[C@H](C(C)(C)C)C3)ccc1OCc1ccc([N+](=O)[O-])cc1. The topological polar surface area (TPSA) is 103 Å². The predicted octanol–water partition coefficient (Wildman–Crippen LogP) is 8.40. The highest BCUT2D eigenvalue weighted by molar-refractivity contribution is 7.16. The van der Waals surface area contributed by atoms with Crippen molar-refractivity contribution in [3.63, 3.8) is 0 Å². The van der Waals surface area contributed by atoms with Crippen molar-refractivity contribution in [2.45, 2.75) is 46.6 Å². The first-order chi connectivity index (χ1) is 20.6. The number of nitrogens with one attached hydrogen (secondary N) is 1. The van der Waals surface area contributed by atoms with E-state index in [-0.39, 0.29) is 23.6 Å². The van der Waals surface area contributed by atoms with Gasteiger partial charge in [-0.15, -0.1) is 11.3 Å². The van der Waals surface area contributed by atoms with E-state index in [1.165, 1.54) is 17.0 Å². The third kappa shape index (κ3) is 7.11. The van der Waals surface area contributed by atoms with Gasteiger partial charge in [0.25, 0.3) is 11.6 Å². The number of para-hydroxylation sites is 1. The highest BCUT2D eigenvalue weighted by atomic mass is 32.1. The van der Waals surface area contributed by atoms with Crippen LogP contribution < -0.4 is 14.8 Å². The van der Waals surface area contributed by atoms with Crippen molar-refractivity contribution in [3.05, 3.63) is 110 Å². The number of carbonyl (C=O) groups is 1. The van der Waals surface area contributed by atoms with E-state index in [1.54, 1.807) is 36.8 Å². The van der Waals surface area contributed by atoms with Gasteiger partial charge >= 0.3 is 0 Å². The number of hydrogen-bond acceptors (Lipinski definition) is 7. The number of benzene rings is 3. The maximum atomic E-state index is 13.6. The molecule has 1 atom stereocenters. The van der Waals surface area contributed by atoms with Crippen LogP contribution in [0.25, 0.3) is 0 Å². The Hall–Kier alpha value is -4.50. The zero-order valence-electron chi connectivity index (χ0n) is 24.8. The van der Waals surface area contributed by atoms with Crippen molar-refractivity contribution in [1.29, 1.82) is 0 Å². The fourth-order valence-electron chi connectivity index (χ4n) is 5.24. The first-order valence-electron chi connectivity index (χ1n) is 14.2. The number of fused-ring (bicyclic) bond motifs is 1. The summed E-state index contributed by atoms with van der Waals surface area (Å²) in [6.07, 6.45) is 4.59. The summed E-state index contributed by atoms with van der Waals surface area (Å²) in [6, 6.07) is 21.3. The number of aliphatic imine (C=N–C) groups is 1. The van der Waals surface area contributed by atoms with E-state index < -0.39 is 4.92 Å². The summed E-state index contributed by atoms with van der Waals surface area (Å²) in [7, 11) is 1.57. The average Bonchev–Trinajstić information content (AvgIpc) is 3.37. The van der Waals surface area contributed by atoms with Crippen molar-refractivity contribution in [1.82, 2.24) is 0 Å². The number of nitro benzene ring substituents is 1. The number of nitro groups is 1. The molecule has 1 aliphatic rings. The molecule has 0 bridgehead atoms. The van der Waals surface area contributed by atoms with Gasteiger partial charge in [-0.2, -0.15) is 0 Å². The molecule has 0 spiro atoms. The second-order valence-electron chi connectivity index (χ2n) is 11.7. The van der Waals surface area contributed by atoms with Crippen LogP contribution in [0.1, 0.15) is 59.1 Å². The molecule has 43 heavy (non-hydrogen) atoms. The van der Waals surface area contributed by atoms with Crippen LogP contribution in [-0.2, 0) is 19.4 Å². The Labute approximate surface area is 255 Å². The molecular weight excluding hydrogens is 562 g/mol. The molecule has 3 aromatic carbocycles. The van der Waals surface area contributed by atoms with E-state index >= 15 is 0 Å². The van der Waals surface area contributed by atoms with Gasteiger partial charge in [-0.3, -0.25) is 14.9 Å². The molecular formula is C34H35N3O5S. The fraction of sp³-hybridized carbons (Fsp3) is 0.294. The second kappa shape index (κ2) is 12.8. The summed E-state index contributed by atoms with van der Waals surface area (Å²) in [5.74, 6) is 1.48. The number of hydrogen-bond donors (Lipinski definition) is 1. The van der Waals surface area contributed by atoms with Crippen LogP contribution in [-0.4, -0.2) is 24.2 Å². The molecule has 222 valence electrons. The van der Waals surface area contributed by atoms with Gasteiger partial charge in [0, 0.05) is 28.9 Å². The molecule has 8 nitrogen and oxygen atoms in total. The van der Waals surface area contributed by atoms with Crippen LogP contribution in [0.15, 0.2) is 77.8 Å². The van der Waals surface area contributed by atoms with E-state index in [1.807, 2.05) is 48.5 Å². The largest absolute Gasteiger partial charge is 0.493 e. The van der Waals surface area contributed by atoms with Gasteiger partial charge in [0.15, 0.2) is 11.5 Å². The molecule has 9 heteroatoms. The maximum absolute atomic E-state index is 13.6. The van der Waals surface area contributed by atoms with Crippen molar-refractivity contribution in [2.24, 2.45) is 16.3 Å². The maximum Gasteiger partial charge on any atom is 0.269 e. The van der Waals surface area contributed by atoms with Crippen molar-refractivity contribution >= 4 is 39.8 Å². The standard InChI is InChI=1S/C34H35N3O5S/c1-34(2,3)24-13-16-27-30(19-24)43-33(31(27)32(38)36-25-8-6-5-7-9-25)35-20-23-12-17-28(29(18-23)41-4)42-21-22-10-14-26(15-11-22)37(39)40/h5-12,14-15,17-18,20,24H,13,16,19,21H2,1-4H3,(H,36,38)/t24-/m0/s1. The molecule has 0 aliphatic heterocycles. The number of thiophene rings is 1. The third-order valence-electron chi connectivity index (χ3n) is 7.79. The summed E-state index contributed by atoms with van der Waals surface area (Å²) in [5, 5.41) is 14.7. The van der Waals surface area contributed by atoms with E-state index in [9.17, 15) is 14.9 Å². The highest BCUT2D eigenvalue weighted by Gasteiger charge is 2.33. The lowest BCUT2D eigenvalue weighted by atomic mass is 9.72. The molecule has 1 heterocycles. The van der Waals surface area contributed by atoms with E-state index in [0.717, 1.165) is 41.6 Å². The monoisotopic (exact) mass is 597 g/mol. The van der Waals surface area contributed by atoms with Crippen LogP contribution in [0.2, 0.25) is 0 Å². The minimum atomic E-state index is -0.430. The lowest BCUT2D eigenvalue weighted by Gasteiger charge is -2.33. The number of non-ortho nitro benzene ring substituents is 1. The number of amides is 1. The average molecular weight is 598 g/mol. The smallest absolute Gasteiger partial charge is 0.269 e. The Morgan fingerprint density at radius 3 is 2.51 bits per heavy atom. The van der Waals surface area contributed by atoms with Gasteiger partial charge in [-0.05, 0) is 89.8 Å². The predicted molar refractivity (Wildman–Crippen MR) is 171 cm³/mol. The molecule has 1 aromatic heterocycles. The Kier molecular flexibility index (Phi) is 8.92.